The van der Waals surface area contributed by atoms with Crippen LogP contribution in [0.2, 0.25) is 0 Å². The fraction of sp³-hybridized carbons (Fsp3) is 0.308. The second kappa shape index (κ2) is 4.49. The standard InChI is InChI=1S/C13H16N2O/c1-9(2)10-3-5-11(6-4-10)13-12(7-14)8-16-15-13/h3-6,8-9H,7,14H2,1-2H3. The number of rotatable bonds is 3. The molecule has 1 heterocycles. The van der Waals surface area contributed by atoms with E-state index in [4.69, 9.17) is 10.3 Å². The maximum atomic E-state index is 5.61. The molecule has 1 aromatic heterocycles. The zero-order valence-electron chi connectivity index (χ0n) is 9.60. The van der Waals surface area contributed by atoms with E-state index in [0.29, 0.717) is 12.5 Å². The van der Waals surface area contributed by atoms with Crippen molar-refractivity contribution in [2.45, 2.75) is 26.3 Å². The molecule has 0 saturated heterocycles. The van der Waals surface area contributed by atoms with Gasteiger partial charge in [-0.1, -0.05) is 43.3 Å². The summed E-state index contributed by atoms with van der Waals surface area (Å²) in [6.07, 6.45) is 1.60. The Morgan fingerprint density at radius 1 is 1.25 bits per heavy atom. The first kappa shape index (κ1) is 10.9. The molecule has 0 saturated carbocycles. The van der Waals surface area contributed by atoms with E-state index < -0.39 is 0 Å². The Labute approximate surface area is 95.3 Å². The van der Waals surface area contributed by atoms with Crippen molar-refractivity contribution in [3.63, 3.8) is 0 Å². The Morgan fingerprint density at radius 3 is 2.50 bits per heavy atom. The molecule has 0 spiro atoms. The Kier molecular flexibility index (Phi) is 3.06. The minimum atomic E-state index is 0.449. The summed E-state index contributed by atoms with van der Waals surface area (Å²) in [7, 11) is 0. The van der Waals surface area contributed by atoms with Gasteiger partial charge < -0.3 is 10.3 Å². The van der Waals surface area contributed by atoms with Gasteiger partial charge in [0.05, 0.1) is 0 Å². The molecule has 0 aliphatic rings. The minimum Gasteiger partial charge on any atom is -0.364 e. The first-order chi connectivity index (χ1) is 7.72. The van der Waals surface area contributed by atoms with E-state index in [0.717, 1.165) is 16.8 Å². The smallest absolute Gasteiger partial charge is 0.128 e. The normalized spacial score (nSPS) is 11.0. The third-order valence-electron chi connectivity index (χ3n) is 2.71. The quantitative estimate of drug-likeness (QED) is 0.858. The van der Waals surface area contributed by atoms with Gasteiger partial charge in [-0.05, 0) is 11.5 Å². The van der Waals surface area contributed by atoms with Gasteiger partial charge in [-0.25, -0.2) is 0 Å². The third kappa shape index (κ3) is 1.99. The van der Waals surface area contributed by atoms with Gasteiger partial charge in [-0.3, -0.25) is 0 Å². The van der Waals surface area contributed by atoms with Crippen molar-refractivity contribution in [1.29, 1.82) is 0 Å². The molecule has 3 nitrogen and oxygen atoms in total. The van der Waals surface area contributed by atoms with Gasteiger partial charge >= 0.3 is 0 Å². The van der Waals surface area contributed by atoms with Gasteiger partial charge in [0.15, 0.2) is 0 Å². The second-order valence-electron chi connectivity index (χ2n) is 4.17. The average molecular weight is 216 g/mol. The fourth-order valence-corrected chi connectivity index (χ4v) is 1.67. The minimum absolute atomic E-state index is 0.449. The van der Waals surface area contributed by atoms with Crippen molar-refractivity contribution in [2.24, 2.45) is 5.73 Å². The zero-order valence-corrected chi connectivity index (χ0v) is 9.60. The molecular weight excluding hydrogens is 200 g/mol. The van der Waals surface area contributed by atoms with E-state index in [1.165, 1.54) is 5.56 Å². The van der Waals surface area contributed by atoms with Crippen LogP contribution < -0.4 is 5.73 Å². The van der Waals surface area contributed by atoms with Crippen LogP contribution in [-0.2, 0) is 6.54 Å². The predicted molar refractivity (Wildman–Crippen MR) is 63.9 cm³/mol. The van der Waals surface area contributed by atoms with Crippen molar-refractivity contribution in [3.8, 4) is 11.3 Å². The molecule has 16 heavy (non-hydrogen) atoms. The maximum Gasteiger partial charge on any atom is 0.128 e. The van der Waals surface area contributed by atoms with E-state index in [1.54, 1.807) is 6.26 Å². The lowest BCUT2D eigenvalue weighted by atomic mass is 10.00. The molecule has 0 atom stereocenters. The Hall–Kier alpha value is -1.61. The van der Waals surface area contributed by atoms with Gasteiger partial charge in [0.1, 0.15) is 12.0 Å². The van der Waals surface area contributed by atoms with Gasteiger partial charge in [-0.15, -0.1) is 0 Å². The lowest BCUT2D eigenvalue weighted by Crippen LogP contribution is -1.96. The van der Waals surface area contributed by atoms with Crippen LogP contribution in [0.1, 0.15) is 30.9 Å². The summed E-state index contributed by atoms with van der Waals surface area (Å²) in [4.78, 5) is 0. The Bertz CT molecular complexity index is 457. The van der Waals surface area contributed by atoms with Gasteiger partial charge in [-0.2, -0.15) is 0 Å². The fourth-order valence-electron chi connectivity index (χ4n) is 1.67. The van der Waals surface area contributed by atoms with Crippen molar-refractivity contribution in [2.75, 3.05) is 0 Å². The first-order valence-corrected chi connectivity index (χ1v) is 5.46. The molecule has 0 aliphatic carbocycles. The summed E-state index contributed by atoms with van der Waals surface area (Å²) in [5.74, 6) is 0.542. The highest BCUT2D eigenvalue weighted by Crippen LogP contribution is 2.24. The molecule has 0 fully saturated rings. The summed E-state index contributed by atoms with van der Waals surface area (Å²) < 4.78 is 4.94. The number of benzene rings is 1. The van der Waals surface area contributed by atoms with Crippen molar-refractivity contribution in [3.05, 3.63) is 41.7 Å². The van der Waals surface area contributed by atoms with Crippen molar-refractivity contribution < 1.29 is 4.52 Å². The third-order valence-corrected chi connectivity index (χ3v) is 2.71. The van der Waals surface area contributed by atoms with E-state index in [9.17, 15) is 0 Å². The molecule has 0 bridgehead atoms. The maximum absolute atomic E-state index is 5.61. The summed E-state index contributed by atoms with van der Waals surface area (Å²) in [5, 5.41) is 3.98. The molecule has 0 radical (unpaired) electrons. The van der Waals surface area contributed by atoms with Crippen LogP contribution in [0.5, 0.6) is 0 Å². The number of hydrogen-bond acceptors (Lipinski definition) is 3. The average Bonchev–Trinajstić information content (AvgIpc) is 2.77. The van der Waals surface area contributed by atoms with E-state index in [-0.39, 0.29) is 0 Å². The predicted octanol–water partition coefficient (Wildman–Crippen LogP) is 2.92. The van der Waals surface area contributed by atoms with Gasteiger partial charge in [0.25, 0.3) is 0 Å². The van der Waals surface area contributed by atoms with Crippen LogP contribution in [0.3, 0.4) is 0 Å². The largest absolute Gasteiger partial charge is 0.364 e. The summed E-state index contributed by atoms with van der Waals surface area (Å²) >= 11 is 0. The van der Waals surface area contributed by atoms with Crippen LogP contribution in [0, 0.1) is 0 Å². The lowest BCUT2D eigenvalue weighted by molar-refractivity contribution is 0.421. The van der Waals surface area contributed by atoms with Crippen LogP contribution in [0.15, 0.2) is 35.1 Å². The zero-order chi connectivity index (χ0) is 11.5. The molecular formula is C13H16N2O. The molecule has 0 aliphatic heterocycles. The number of aromatic nitrogens is 1. The summed E-state index contributed by atoms with van der Waals surface area (Å²) in [5.41, 5.74) is 9.77. The summed E-state index contributed by atoms with van der Waals surface area (Å²) in [6, 6.07) is 8.36. The highest BCUT2D eigenvalue weighted by Gasteiger charge is 2.08. The topological polar surface area (TPSA) is 52.0 Å². The number of nitrogens with zero attached hydrogens (tertiary/aromatic N) is 1. The Morgan fingerprint density at radius 2 is 1.94 bits per heavy atom. The molecule has 1 aromatic carbocycles. The van der Waals surface area contributed by atoms with Crippen LogP contribution in [0.4, 0.5) is 0 Å². The van der Waals surface area contributed by atoms with E-state index in [2.05, 4.69) is 43.3 Å². The first-order valence-electron chi connectivity index (χ1n) is 5.46. The molecule has 0 amide bonds. The highest BCUT2D eigenvalue weighted by atomic mass is 16.5. The van der Waals surface area contributed by atoms with Crippen LogP contribution >= 0.6 is 0 Å². The SMILES string of the molecule is CC(C)c1ccc(-c2nocc2CN)cc1. The molecule has 3 heteroatoms. The summed E-state index contributed by atoms with van der Waals surface area (Å²) in [6.45, 7) is 4.80. The monoisotopic (exact) mass is 216 g/mol. The molecule has 0 unspecified atom stereocenters. The molecule has 2 N–H and O–H groups in total. The second-order valence-corrected chi connectivity index (χ2v) is 4.17. The van der Waals surface area contributed by atoms with E-state index in [1.807, 2.05) is 0 Å². The molecule has 2 rings (SSSR count). The van der Waals surface area contributed by atoms with E-state index >= 15 is 0 Å². The highest BCUT2D eigenvalue weighted by molar-refractivity contribution is 5.62. The van der Waals surface area contributed by atoms with Crippen LogP contribution in [-0.4, -0.2) is 5.16 Å². The number of nitrogens with two attached hydrogens (primary N) is 1. The molecule has 84 valence electrons. The number of hydrogen-bond donors (Lipinski definition) is 1. The Balaban J connectivity index is 2.35. The van der Waals surface area contributed by atoms with Crippen LogP contribution in [0.25, 0.3) is 11.3 Å². The van der Waals surface area contributed by atoms with Crippen molar-refractivity contribution in [1.82, 2.24) is 5.16 Å². The molecule has 2 aromatic rings. The van der Waals surface area contributed by atoms with Gasteiger partial charge in [0.2, 0.25) is 0 Å². The van der Waals surface area contributed by atoms with Crippen molar-refractivity contribution >= 4 is 0 Å². The van der Waals surface area contributed by atoms with Gasteiger partial charge in [0, 0.05) is 17.7 Å². The lowest BCUT2D eigenvalue weighted by Gasteiger charge is -2.05.